The van der Waals surface area contributed by atoms with Crippen molar-refractivity contribution in [2.75, 3.05) is 13.1 Å². The maximum atomic E-state index is 12.4. The molecule has 5 nitrogen and oxygen atoms in total. The molecule has 2 heterocycles. The van der Waals surface area contributed by atoms with Crippen molar-refractivity contribution in [3.63, 3.8) is 0 Å². The molecule has 0 radical (unpaired) electrons. The fourth-order valence-corrected chi connectivity index (χ4v) is 2.55. The van der Waals surface area contributed by atoms with Gasteiger partial charge in [0.1, 0.15) is 6.10 Å². The Morgan fingerprint density at radius 2 is 2.14 bits per heavy atom. The summed E-state index contributed by atoms with van der Waals surface area (Å²) in [6.45, 7) is 1.18. The van der Waals surface area contributed by atoms with Gasteiger partial charge in [0, 0.05) is 25.2 Å². The normalized spacial score (nSPS) is 17.8. The number of ether oxygens (including phenoxy) is 1. The molecule has 6 heteroatoms. The van der Waals surface area contributed by atoms with Crippen LogP contribution in [0.2, 0.25) is 5.02 Å². The number of carbonyl (C=O) groups excluding carboxylic acids is 1. The molecule has 1 atom stereocenters. The second-order valence-corrected chi connectivity index (χ2v) is 5.23. The Hall–Kier alpha value is -2.14. The molecule has 1 aliphatic heterocycles. The van der Waals surface area contributed by atoms with Crippen LogP contribution in [0.1, 0.15) is 16.8 Å². The molecule has 1 amide bonds. The highest BCUT2D eigenvalue weighted by atomic mass is 35.5. The van der Waals surface area contributed by atoms with E-state index in [0.29, 0.717) is 29.6 Å². The van der Waals surface area contributed by atoms with Gasteiger partial charge in [0.2, 0.25) is 5.88 Å². The van der Waals surface area contributed by atoms with Crippen molar-refractivity contribution in [3.8, 4) is 5.88 Å². The minimum atomic E-state index is -0.0640. The Labute approximate surface area is 127 Å². The zero-order valence-electron chi connectivity index (χ0n) is 11.3. The average Bonchev–Trinajstić information content (AvgIpc) is 2.97. The number of carbonyl (C=O) groups is 1. The third kappa shape index (κ3) is 3.13. The van der Waals surface area contributed by atoms with Crippen LogP contribution in [-0.4, -0.2) is 40.2 Å². The third-order valence-electron chi connectivity index (χ3n) is 3.37. The van der Waals surface area contributed by atoms with Gasteiger partial charge in [0.25, 0.3) is 5.91 Å². The van der Waals surface area contributed by atoms with Gasteiger partial charge < -0.3 is 9.64 Å². The number of nitrogens with zero attached hydrogens (tertiary/aromatic N) is 3. The number of rotatable bonds is 3. The predicted molar refractivity (Wildman–Crippen MR) is 78.4 cm³/mol. The van der Waals surface area contributed by atoms with Crippen LogP contribution in [0.25, 0.3) is 0 Å². The monoisotopic (exact) mass is 303 g/mol. The second kappa shape index (κ2) is 6.10. The molecule has 0 spiro atoms. The summed E-state index contributed by atoms with van der Waals surface area (Å²) in [7, 11) is 0. The number of benzene rings is 1. The standard InChI is InChI=1S/C15H14ClN3O2/c16-13-5-2-1-4-12(13)15(20)19-9-7-11(10-19)21-14-6-3-8-17-18-14/h1-6,8,11H,7,9-10H2. The van der Waals surface area contributed by atoms with Crippen LogP contribution >= 0.6 is 11.6 Å². The number of aromatic nitrogens is 2. The van der Waals surface area contributed by atoms with Crippen molar-refractivity contribution < 1.29 is 9.53 Å². The van der Waals surface area contributed by atoms with Crippen LogP contribution in [0.5, 0.6) is 5.88 Å². The number of amides is 1. The molecule has 1 fully saturated rings. The van der Waals surface area contributed by atoms with E-state index in [1.54, 1.807) is 35.4 Å². The largest absolute Gasteiger partial charge is 0.471 e. The Bertz CT molecular complexity index is 636. The first-order valence-electron chi connectivity index (χ1n) is 6.72. The molecule has 1 aliphatic rings. The van der Waals surface area contributed by atoms with Gasteiger partial charge in [-0.15, -0.1) is 5.10 Å². The van der Waals surface area contributed by atoms with E-state index in [-0.39, 0.29) is 12.0 Å². The molecular formula is C15H14ClN3O2. The first-order valence-corrected chi connectivity index (χ1v) is 7.10. The quantitative estimate of drug-likeness (QED) is 0.874. The van der Waals surface area contributed by atoms with Crippen molar-refractivity contribution in [2.24, 2.45) is 0 Å². The van der Waals surface area contributed by atoms with Crippen molar-refractivity contribution >= 4 is 17.5 Å². The van der Waals surface area contributed by atoms with Gasteiger partial charge in [-0.25, -0.2) is 0 Å². The number of hydrogen-bond acceptors (Lipinski definition) is 4. The minimum absolute atomic E-state index is 0.0619. The maximum Gasteiger partial charge on any atom is 0.255 e. The van der Waals surface area contributed by atoms with Gasteiger partial charge in [-0.2, -0.15) is 5.10 Å². The fraction of sp³-hybridized carbons (Fsp3) is 0.267. The van der Waals surface area contributed by atoms with E-state index in [1.165, 1.54) is 0 Å². The predicted octanol–water partition coefficient (Wildman–Crippen LogP) is 2.42. The Morgan fingerprint density at radius 3 is 2.90 bits per heavy atom. The molecule has 108 valence electrons. The average molecular weight is 304 g/mol. The summed E-state index contributed by atoms with van der Waals surface area (Å²) in [5.41, 5.74) is 0.527. The van der Waals surface area contributed by atoms with E-state index in [4.69, 9.17) is 16.3 Å². The SMILES string of the molecule is O=C(c1ccccc1Cl)N1CCC(Oc2cccnn2)C1. The molecule has 1 saturated heterocycles. The molecule has 0 saturated carbocycles. The zero-order valence-corrected chi connectivity index (χ0v) is 12.0. The molecule has 1 aromatic heterocycles. The molecule has 0 aliphatic carbocycles. The fourth-order valence-electron chi connectivity index (χ4n) is 2.33. The van der Waals surface area contributed by atoms with Crippen LogP contribution in [-0.2, 0) is 0 Å². The molecule has 1 aromatic carbocycles. The smallest absolute Gasteiger partial charge is 0.255 e. The summed E-state index contributed by atoms with van der Waals surface area (Å²) in [6.07, 6.45) is 2.30. The van der Waals surface area contributed by atoms with Crippen molar-refractivity contribution in [3.05, 3.63) is 53.2 Å². The van der Waals surface area contributed by atoms with E-state index in [0.717, 1.165) is 6.42 Å². The van der Waals surface area contributed by atoms with Crippen LogP contribution in [0.4, 0.5) is 0 Å². The Kier molecular flexibility index (Phi) is 4.01. The third-order valence-corrected chi connectivity index (χ3v) is 3.70. The lowest BCUT2D eigenvalue weighted by atomic mass is 10.2. The lowest BCUT2D eigenvalue weighted by Gasteiger charge is -2.17. The van der Waals surface area contributed by atoms with E-state index in [9.17, 15) is 4.79 Å². The van der Waals surface area contributed by atoms with Gasteiger partial charge in [-0.3, -0.25) is 4.79 Å². The summed E-state index contributed by atoms with van der Waals surface area (Å²) in [5.74, 6) is 0.417. The molecule has 0 bridgehead atoms. The van der Waals surface area contributed by atoms with Gasteiger partial charge in [-0.05, 0) is 18.2 Å². The van der Waals surface area contributed by atoms with Crippen molar-refractivity contribution in [2.45, 2.75) is 12.5 Å². The number of halogens is 1. The molecule has 1 unspecified atom stereocenters. The summed E-state index contributed by atoms with van der Waals surface area (Å²) < 4.78 is 5.72. The van der Waals surface area contributed by atoms with Gasteiger partial charge in [0.05, 0.1) is 17.1 Å². The molecule has 2 aromatic rings. The highest BCUT2D eigenvalue weighted by Crippen LogP contribution is 2.21. The Morgan fingerprint density at radius 1 is 1.29 bits per heavy atom. The van der Waals surface area contributed by atoms with Crippen LogP contribution < -0.4 is 4.74 Å². The van der Waals surface area contributed by atoms with Gasteiger partial charge in [0.15, 0.2) is 0 Å². The summed E-state index contributed by atoms with van der Waals surface area (Å²) >= 11 is 6.07. The summed E-state index contributed by atoms with van der Waals surface area (Å²) in [4.78, 5) is 14.2. The minimum Gasteiger partial charge on any atom is -0.471 e. The van der Waals surface area contributed by atoms with E-state index < -0.39 is 0 Å². The maximum absolute atomic E-state index is 12.4. The second-order valence-electron chi connectivity index (χ2n) is 4.82. The van der Waals surface area contributed by atoms with Crippen LogP contribution in [0.15, 0.2) is 42.6 Å². The molecule has 3 rings (SSSR count). The van der Waals surface area contributed by atoms with E-state index in [2.05, 4.69) is 10.2 Å². The van der Waals surface area contributed by atoms with E-state index >= 15 is 0 Å². The highest BCUT2D eigenvalue weighted by Gasteiger charge is 2.29. The van der Waals surface area contributed by atoms with Crippen LogP contribution in [0, 0.1) is 0 Å². The zero-order chi connectivity index (χ0) is 14.7. The van der Waals surface area contributed by atoms with Gasteiger partial charge >= 0.3 is 0 Å². The molecular weight excluding hydrogens is 290 g/mol. The lowest BCUT2D eigenvalue weighted by Crippen LogP contribution is -2.31. The van der Waals surface area contributed by atoms with E-state index in [1.807, 2.05) is 12.1 Å². The lowest BCUT2D eigenvalue weighted by molar-refractivity contribution is 0.0771. The molecule has 0 N–H and O–H groups in total. The summed E-state index contributed by atoms with van der Waals surface area (Å²) in [6, 6.07) is 10.6. The number of hydrogen-bond donors (Lipinski definition) is 0. The first-order chi connectivity index (χ1) is 10.2. The number of likely N-dealkylation sites (tertiary alicyclic amines) is 1. The van der Waals surface area contributed by atoms with Crippen LogP contribution in [0.3, 0.4) is 0 Å². The topological polar surface area (TPSA) is 55.3 Å². The van der Waals surface area contributed by atoms with Gasteiger partial charge in [-0.1, -0.05) is 23.7 Å². The summed E-state index contributed by atoms with van der Waals surface area (Å²) in [5, 5.41) is 8.13. The first kappa shape index (κ1) is 13.8. The van der Waals surface area contributed by atoms with Crippen molar-refractivity contribution in [1.82, 2.24) is 15.1 Å². The highest BCUT2D eigenvalue weighted by molar-refractivity contribution is 6.33. The van der Waals surface area contributed by atoms with Crippen molar-refractivity contribution in [1.29, 1.82) is 0 Å². The Balaban J connectivity index is 1.65. The molecule has 21 heavy (non-hydrogen) atoms.